The fourth-order valence-electron chi connectivity index (χ4n) is 10.4. The summed E-state index contributed by atoms with van der Waals surface area (Å²) in [4.78, 5) is 134. The van der Waals surface area contributed by atoms with E-state index >= 15 is 0 Å². The van der Waals surface area contributed by atoms with Crippen LogP contribution >= 0.6 is 187 Å². The van der Waals surface area contributed by atoms with E-state index in [-0.39, 0.29) is 67.5 Å². The molecule has 0 amide bonds. The van der Waals surface area contributed by atoms with E-state index in [1.54, 1.807) is 0 Å². The molecule has 768 valence electrons. The largest absolute Gasteiger partial charge is 0.507 e. The molecule has 0 aliphatic carbocycles. The number of hydrogen-bond donors (Lipinski definition) is 12. The van der Waals surface area contributed by atoms with Crippen LogP contribution in [0.25, 0.3) is 0 Å². The highest BCUT2D eigenvalue weighted by atomic mass is 35.5. The lowest BCUT2D eigenvalue weighted by molar-refractivity contribution is 0.273. The van der Waals surface area contributed by atoms with Crippen LogP contribution in [0, 0.1) is 0 Å². The van der Waals surface area contributed by atoms with Gasteiger partial charge in [0.05, 0.1) is 0 Å². The fourth-order valence-corrected chi connectivity index (χ4v) is 12.7. The molecule has 0 bridgehead atoms. The molecule has 42 nitrogen and oxygen atoms in total. The van der Waals surface area contributed by atoms with Crippen LogP contribution in [0.2, 0.25) is 0 Å². The van der Waals surface area contributed by atoms with Crippen molar-refractivity contribution in [2.75, 3.05) is 326 Å². The molecule has 0 saturated carbocycles. The van der Waals surface area contributed by atoms with Gasteiger partial charge in [0, 0.05) is 157 Å². The SMILES string of the molecule is CN1CCN(C)C1Cl.CN1CCN(C)C1Cl.CN1CCN(C)C1Cl.CN1CCN(C)C1Cl.CN1CCN(C)C1Cl.CN1CCN(C)C1Cl.CN1CCN(C)C1Cl.CN1CCN(C)C1Cl.CN1CCN(C)C1Cl.CN1CCN(C)C1Cl.CN1CCN(C)C1Cl.CN1CCN(C)C1Cl.O=P(O)(O)F.O=P(O)(O)F.O=P(O)(O)F.O=P(O)(O)F.O=P(O)(O)F.O=P(O)(O)F. The van der Waals surface area contributed by atoms with Crippen molar-refractivity contribution >= 4 is 187 Å². The molecule has 66 heteroatoms. The second-order valence-electron chi connectivity index (χ2n) is 30.1. The fraction of sp³-hybridized carbons (Fsp3) is 1.00. The Morgan fingerprint density at radius 1 is 0.143 bits per heavy atom. The minimum absolute atomic E-state index is 0.120. The Hall–Kier alpha value is 3.00. The van der Waals surface area contributed by atoms with E-state index in [0.717, 1.165) is 157 Å². The van der Waals surface area contributed by atoms with Crippen molar-refractivity contribution in [3.63, 3.8) is 0 Å². The summed E-state index contributed by atoms with van der Waals surface area (Å²) in [7, 11) is 17.9. The monoisotopic (exact) mass is 2210 g/mol. The molecule has 12 fully saturated rings. The molecule has 0 atom stereocenters. The Labute approximate surface area is 803 Å². The molecule has 12 rings (SSSR count). The average molecular weight is 2220 g/mol. The molecule has 12 saturated heterocycles. The van der Waals surface area contributed by atoms with Crippen molar-refractivity contribution in [1.82, 2.24) is 118 Å². The van der Waals surface area contributed by atoms with Crippen LogP contribution in [-0.2, 0) is 27.4 Å². The normalized spacial score (nSPS) is 23.7. The van der Waals surface area contributed by atoms with Gasteiger partial charge < -0.3 is 0 Å². The molecule has 0 aromatic heterocycles. The van der Waals surface area contributed by atoms with Gasteiger partial charge >= 0.3 is 47.4 Å². The predicted octanol–water partition coefficient (Wildman–Crippen LogP) is 4.92. The summed E-state index contributed by atoms with van der Waals surface area (Å²) in [6.07, 6.45) is 0. The lowest BCUT2D eigenvalue weighted by Crippen LogP contribution is -2.28. The third kappa shape index (κ3) is 79.8. The summed E-state index contributed by atoms with van der Waals surface area (Å²) in [5.41, 5.74) is 1.44. The van der Waals surface area contributed by atoms with E-state index in [0.29, 0.717) is 0 Å². The smallest absolute Gasteiger partial charge is 0.299 e. The maximum Gasteiger partial charge on any atom is 0.507 e. The molecular weight excluding hydrogens is 2070 g/mol. The highest BCUT2D eigenvalue weighted by Crippen LogP contribution is 2.38. The third-order valence-corrected chi connectivity index (χ3v) is 26.4. The molecule has 12 aliphatic rings. The molecule has 12 heterocycles. The van der Waals surface area contributed by atoms with Gasteiger partial charge in [0.15, 0.2) is 0 Å². The molecule has 0 radical (unpaired) electrons. The van der Waals surface area contributed by atoms with E-state index in [2.05, 4.69) is 118 Å². The topological polar surface area (TPSA) is 423 Å². The summed E-state index contributed by atoms with van der Waals surface area (Å²) in [6.45, 7) is 26.1. The number of halogens is 18. The van der Waals surface area contributed by atoms with Gasteiger partial charge in [-0.25, -0.2) is 27.4 Å². The number of hydrogen-bond acceptors (Lipinski definition) is 30. The van der Waals surface area contributed by atoms with Gasteiger partial charge in [-0.1, -0.05) is 139 Å². The summed E-state index contributed by atoms with van der Waals surface area (Å²) >= 11 is 70.4. The number of likely N-dealkylation sites (N-methyl/N-ethyl adjacent to an activating group) is 24. The summed E-state index contributed by atoms with van der Waals surface area (Å²) < 4.78 is 114. The maximum absolute atomic E-state index is 10.4. The third-order valence-electron chi connectivity index (χ3n) is 18.4. The standard InChI is InChI=1S/12C5H11ClN2.6FH2O3P/c12*1-7-3-4-8(2)5(7)6;6*1-5(2,3)4/h12*5H,3-4H2,1-2H3;6*(H2,2,3,4). The van der Waals surface area contributed by atoms with E-state index in [1.165, 1.54) is 0 Å². The first-order valence-corrected chi connectivity index (χ1v) is 51.9. The van der Waals surface area contributed by atoms with Crippen LogP contribution in [0.15, 0.2) is 0 Å². The molecule has 126 heavy (non-hydrogen) atoms. The number of alkyl halides is 12. The van der Waals surface area contributed by atoms with Crippen LogP contribution in [0.5, 0.6) is 0 Å². The molecule has 0 unspecified atom stereocenters. The Balaban J connectivity index is -0.000000304. The van der Waals surface area contributed by atoms with Crippen molar-refractivity contribution < 1.29 is 111 Å². The van der Waals surface area contributed by atoms with Crippen LogP contribution in [0.4, 0.5) is 25.2 Å². The van der Waals surface area contributed by atoms with Gasteiger partial charge in [0.1, 0.15) is 67.5 Å². The Bertz CT molecular complexity index is 2310. The highest BCUT2D eigenvalue weighted by Gasteiger charge is 2.31. The van der Waals surface area contributed by atoms with Crippen molar-refractivity contribution in [3.05, 3.63) is 0 Å². The molecule has 0 aromatic rings. The van der Waals surface area contributed by atoms with Gasteiger partial charge in [0.2, 0.25) is 0 Å². The van der Waals surface area contributed by atoms with E-state index < -0.39 is 47.4 Å². The van der Waals surface area contributed by atoms with Crippen LogP contribution in [0.1, 0.15) is 0 Å². The van der Waals surface area contributed by atoms with Crippen LogP contribution in [0.3, 0.4) is 0 Å². The molecule has 0 spiro atoms. The first-order valence-electron chi connectivity index (χ1n) is 37.6. The van der Waals surface area contributed by atoms with Gasteiger partial charge in [-0.3, -0.25) is 176 Å². The zero-order valence-corrected chi connectivity index (χ0v) is 90.4. The summed E-state index contributed by atoms with van der Waals surface area (Å²) in [5, 5.41) is 0. The average Bonchev–Trinajstić information content (AvgIpc) is 1.86. The van der Waals surface area contributed by atoms with Crippen molar-refractivity contribution in [1.29, 1.82) is 0 Å². The zero-order valence-electron chi connectivity index (χ0n) is 75.9. The number of nitrogens with zero attached hydrogens (tertiary/aromatic N) is 24. The minimum Gasteiger partial charge on any atom is -0.299 e. The van der Waals surface area contributed by atoms with Crippen molar-refractivity contribution in [2.45, 2.75) is 67.5 Å². The van der Waals surface area contributed by atoms with Crippen molar-refractivity contribution in [2.24, 2.45) is 0 Å². The van der Waals surface area contributed by atoms with Crippen LogP contribution < -0.4 is 0 Å². The Kier molecular flexibility index (Phi) is 78.3. The molecule has 12 aliphatic heterocycles. The Morgan fingerprint density at radius 2 is 0.167 bits per heavy atom. The van der Waals surface area contributed by atoms with E-state index in [4.69, 9.17) is 225 Å². The van der Waals surface area contributed by atoms with Gasteiger partial charge in [-0.15, -0.1) is 25.2 Å². The highest BCUT2D eigenvalue weighted by molar-refractivity contribution is 7.47. The van der Waals surface area contributed by atoms with E-state index in [9.17, 15) is 25.2 Å². The zero-order chi connectivity index (χ0) is 101. The summed E-state index contributed by atoms with van der Waals surface area (Å²) in [5.74, 6) is 0. The molecule has 12 N–H and O–H groups in total. The lowest BCUT2D eigenvalue weighted by atomic mass is 10.6. The van der Waals surface area contributed by atoms with Gasteiger partial charge in [-0.2, -0.15) is 0 Å². The quantitative estimate of drug-likeness (QED) is 0.0662. The van der Waals surface area contributed by atoms with Gasteiger partial charge in [-0.05, 0) is 169 Å². The van der Waals surface area contributed by atoms with Crippen molar-refractivity contribution in [3.8, 4) is 0 Å². The lowest BCUT2D eigenvalue weighted by Gasteiger charge is -2.16. The molecular formula is C60H144Cl12F6N24O18P6. The van der Waals surface area contributed by atoms with Crippen LogP contribution in [-0.4, -0.2) is 570 Å². The predicted molar refractivity (Wildman–Crippen MR) is 498 cm³/mol. The van der Waals surface area contributed by atoms with Gasteiger partial charge in [0.25, 0.3) is 0 Å². The molecule has 0 aromatic carbocycles. The first-order chi connectivity index (χ1) is 56.6. The number of rotatable bonds is 0. The van der Waals surface area contributed by atoms with E-state index in [1.807, 2.05) is 169 Å². The first kappa shape index (κ1) is 140. The minimum atomic E-state index is -5.14. The summed E-state index contributed by atoms with van der Waals surface area (Å²) in [6, 6.07) is 0. The second kappa shape index (κ2) is 70.6. The second-order valence-corrected chi connectivity index (χ2v) is 40.5. The Morgan fingerprint density at radius 3 is 0.175 bits per heavy atom. The maximum atomic E-state index is 10.4.